The summed E-state index contributed by atoms with van der Waals surface area (Å²) in [6.07, 6.45) is 0.882. The summed E-state index contributed by atoms with van der Waals surface area (Å²) in [7, 11) is 0. The summed E-state index contributed by atoms with van der Waals surface area (Å²) < 4.78 is 5.18. The van der Waals surface area contributed by atoms with Crippen molar-refractivity contribution in [3.63, 3.8) is 0 Å². The van der Waals surface area contributed by atoms with Crippen LogP contribution < -0.4 is 10.6 Å². The first-order chi connectivity index (χ1) is 7.22. The molecule has 0 radical (unpaired) electrons. The van der Waals surface area contributed by atoms with Crippen LogP contribution in [0, 0.1) is 5.92 Å². The standard InChI is InChI=1S/C11H24N2O2/c1-4-12-9-10(3)11(14)13-7-6-8-15-5-2/h10,12H,4-9H2,1-3H3,(H,13,14). The molecule has 4 heteroatoms. The lowest BCUT2D eigenvalue weighted by Crippen LogP contribution is -2.36. The van der Waals surface area contributed by atoms with Gasteiger partial charge in [0.25, 0.3) is 0 Å². The Hall–Kier alpha value is -0.610. The summed E-state index contributed by atoms with van der Waals surface area (Å²) >= 11 is 0. The van der Waals surface area contributed by atoms with E-state index in [0.29, 0.717) is 6.54 Å². The highest BCUT2D eigenvalue weighted by atomic mass is 16.5. The molecule has 15 heavy (non-hydrogen) atoms. The Bertz CT molecular complexity index is 163. The van der Waals surface area contributed by atoms with E-state index in [4.69, 9.17) is 4.74 Å². The van der Waals surface area contributed by atoms with E-state index in [1.807, 2.05) is 20.8 Å². The van der Waals surface area contributed by atoms with Gasteiger partial charge in [-0.3, -0.25) is 4.79 Å². The van der Waals surface area contributed by atoms with Crippen molar-refractivity contribution in [3.8, 4) is 0 Å². The second-order valence-corrected chi connectivity index (χ2v) is 3.55. The number of amides is 1. The molecule has 0 aliphatic heterocycles. The molecule has 2 N–H and O–H groups in total. The van der Waals surface area contributed by atoms with Crippen LogP contribution in [-0.2, 0) is 9.53 Å². The van der Waals surface area contributed by atoms with Gasteiger partial charge < -0.3 is 15.4 Å². The highest BCUT2D eigenvalue weighted by Gasteiger charge is 2.10. The summed E-state index contributed by atoms with van der Waals surface area (Å²) in [5.74, 6) is 0.157. The van der Waals surface area contributed by atoms with Crippen LogP contribution in [0.2, 0.25) is 0 Å². The van der Waals surface area contributed by atoms with Crippen molar-refractivity contribution in [3.05, 3.63) is 0 Å². The lowest BCUT2D eigenvalue weighted by molar-refractivity contribution is -0.124. The second-order valence-electron chi connectivity index (χ2n) is 3.55. The Morgan fingerprint density at radius 1 is 1.40 bits per heavy atom. The number of hydrogen-bond acceptors (Lipinski definition) is 3. The molecule has 0 rings (SSSR count). The fraction of sp³-hybridized carbons (Fsp3) is 0.909. The van der Waals surface area contributed by atoms with Crippen LogP contribution in [0.1, 0.15) is 27.2 Å². The first-order valence-electron chi connectivity index (χ1n) is 5.78. The molecule has 0 heterocycles. The van der Waals surface area contributed by atoms with E-state index in [-0.39, 0.29) is 11.8 Å². The average Bonchev–Trinajstić information content (AvgIpc) is 2.25. The molecule has 0 aromatic rings. The fourth-order valence-corrected chi connectivity index (χ4v) is 1.16. The number of carbonyl (C=O) groups is 1. The molecule has 0 fully saturated rings. The van der Waals surface area contributed by atoms with Gasteiger partial charge >= 0.3 is 0 Å². The quantitative estimate of drug-likeness (QED) is 0.560. The van der Waals surface area contributed by atoms with Crippen LogP contribution in [0.4, 0.5) is 0 Å². The van der Waals surface area contributed by atoms with E-state index >= 15 is 0 Å². The van der Waals surface area contributed by atoms with Gasteiger partial charge in [0.1, 0.15) is 0 Å². The molecule has 1 amide bonds. The van der Waals surface area contributed by atoms with E-state index in [9.17, 15) is 4.79 Å². The van der Waals surface area contributed by atoms with Gasteiger partial charge in [-0.05, 0) is 19.9 Å². The first kappa shape index (κ1) is 14.4. The van der Waals surface area contributed by atoms with Crippen LogP contribution in [0.5, 0.6) is 0 Å². The zero-order chi connectivity index (χ0) is 11.5. The van der Waals surface area contributed by atoms with Gasteiger partial charge in [0, 0.05) is 32.2 Å². The summed E-state index contributed by atoms with van der Waals surface area (Å²) in [6, 6.07) is 0. The molecule has 4 nitrogen and oxygen atoms in total. The van der Waals surface area contributed by atoms with Crippen molar-refractivity contribution in [2.24, 2.45) is 5.92 Å². The lowest BCUT2D eigenvalue weighted by atomic mass is 10.1. The third-order valence-electron chi connectivity index (χ3n) is 2.12. The third kappa shape index (κ3) is 8.39. The largest absolute Gasteiger partial charge is 0.382 e. The van der Waals surface area contributed by atoms with Crippen molar-refractivity contribution < 1.29 is 9.53 Å². The van der Waals surface area contributed by atoms with Crippen LogP contribution in [-0.4, -0.2) is 38.8 Å². The smallest absolute Gasteiger partial charge is 0.224 e. The third-order valence-corrected chi connectivity index (χ3v) is 2.12. The minimum absolute atomic E-state index is 0.0389. The van der Waals surface area contributed by atoms with Gasteiger partial charge in [0.2, 0.25) is 5.91 Å². The highest BCUT2D eigenvalue weighted by Crippen LogP contribution is 1.92. The zero-order valence-electron chi connectivity index (χ0n) is 10.1. The summed E-state index contributed by atoms with van der Waals surface area (Å²) in [6.45, 7) is 9.75. The number of ether oxygens (including phenoxy) is 1. The summed E-state index contributed by atoms with van der Waals surface area (Å²) in [5, 5.41) is 6.05. The molecule has 1 atom stereocenters. The molecule has 90 valence electrons. The molecule has 0 aromatic carbocycles. The zero-order valence-corrected chi connectivity index (χ0v) is 10.1. The Balaban J connectivity index is 3.38. The molecule has 0 bridgehead atoms. The maximum absolute atomic E-state index is 11.5. The van der Waals surface area contributed by atoms with Gasteiger partial charge in [-0.2, -0.15) is 0 Å². The van der Waals surface area contributed by atoms with Gasteiger partial charge in [-0.1, -0.05) is 13.8 Å². The predicted molar refractivity (Wildman–Crippen MR) is 61.8 cm³/mol. The number of carbonyl (C=O) groups excluding carboxylic acids is 1. The van der Waals surface area contributed by atoms with Crippen molar-refractivity contribution in [1.82, 2.24) is 10.6 Å². The molecule has 0 aromatic heterocycles. The Kier molecular flexibility index (Phi) is 9.52. The lowest BCUT2D eigenvalue weighted by Gasteiger charge is -2.12. The minimum Gasteiger partial charge on any atom is -0.382 e. The van der Waals surface area contributed by atoms with Crippen LogP contribution in [0.25, 0.3) is 0 Å². The average molecular weight is 216 g/mol. The molecular formula is C11H24N2O2. The Labute approximate surface area is 92.8 Å². The number of hydrogen-bond donors (Lipinski definition) is 2. The topological polar surface area (TPSA) is 50.4 Å². The molecule has 1 unspecified atom stereocenters. The monoisotopic (exact) mass is 216 g/mol. The second kappa shape index (κ2) is 9.93. The molecule has 0 saturated carbocycles. The van der Waals surface area contributed by atoms with Crippen molar-refractivity contribution in [2.75, 3.05) is 32.8 Å². The van der Waals surface area contributed by atoms with E-state index in [0.717, 1.165) is 32.7 Å². The molecule has 0 spiro atoms. The van der Waals surface area contributed by atoms with Crippen molar-refractivity contribution in [2.45, 2.75) is 27.2 Å². The minimum atomic E-state index is 0.0389. The van der Waals surface area contributed by atoms with E-state index < -0.39 is 0 Å². The van der Waals surface area contributed by atoms with Crippen LogP contribution >= 0.6 is 0 Å². The highest BCUT2D eigenvalue weighted by molar-refractivity contribution is 5.78. The van der Waals surface area contributed by atoms with E-state index in [1.165, 1.54) is 0 Å². The van der Waals surface area contributed by atoms with Gasteiger partial charge in [-0.15, -0.1) is 0 Å². The molecular weight excluding hydrogens is 192 g/mol. The maximum Gasteiger partial charge on any atom is 0.224 e. The van der Waals surface area contributed by atoms with Crippen molar-refractivity contribution in [1.29, 1.82) is 0 Å². The van der Waals surface area contributed by atoms with Crippen LogP contribution in [0.3, 0.4) is 0 Å². The van der Waals surface area contributed by atoms with Crippen LogP contribution in [0.15, 0.2) is 0 Å². The fourth-order valence-electron chi connectivity index (χ4n) is 1.16. The first-order valence-corrected chi connectivity index (χ1v) is 5.78. The summed E-state index contributed by atoms with van der Waals surface area (Å²) in [5.41, 5.74) is 0. The van der Waals surface area contributed by atoms with E-state index in [2.05, 4.69) is 10.6 Å². The Morgan fingerprint density at radius 2 is 2.13 bits per heavy atom. The van der Waals surface area contributed by atoms with Gasteiger partial charge in [0.15, 0.2) is 0 Å². The van der Waals surface area contributed by atoms with Gasteiger partial charge in [0.05, 0.1) is 0 Å². The number of nitrogens with one attached hydrogen (secondary N) is 2. The summed E-state index contributed by atoms with van der Waals surface area (Å²) in [4.78, 5) is 11.5. The normalized spacial score (nSPS) is 12.5. The maximum atomic E-state index is 11.5. The predicted octanol–water partition coefficient (Wildman–Crippen LogP) is 0.775. The molecule has 0 aliphatic carbocycles. The van der Waals surface area contributed by atoms with Gasteiger partial charge in [-0.25, -0.2) is 0 Å². The van der Waals surface area contributed by atoms with Crippen molar-refractivity contribution >= 4 is 5.91 Å². The molecule has 0 aliphatic rings. The van der Waals surface area contributed by atoms with E-state index in [1.54, 1.807) is 0 Å². The number of rotatable bonds is 9. The Morgan fingerprint density at radius 3 is 2.73 bits per heavy atom. The SMILES string of the molecule is CCNCC(C)C(=O)NCCCOCC. The molecule has 0 saturated heterocycles.